The standard InChI is InChI=1S/C18H26N2O3/c1-18(2,3)19-16(21)12-20-10-4-5-15(11-20)13-6-8-14(9-7-13)17(22)23/h6-9,15H,4-5,10-12H2,1-3H3,(H,19,21)(H,22,23)/t15-/m0/s1. The molecule has 1 heterocycles. The number of rotatable bonds is 4. The van der Waals surface area contributed by atoms with Crippen LogP contribution in [0.2, 0.25) is 0 Å². The molecule has 0 unspecified atom stereocenters. The summed E-state index contributed by atoms with van der Waals surface area (Å²) in [5.74, 6) is -0.492. The molecule has 1 saturated heterocycles. The van der Waals surface area contributed by atoms with Crippen LogP contribution < -0.4 is 5.32 Å². The van der Waals surface area contributed by atoms with Crippen molar-refractivity contribution in [3.05, 3.63) is 35.4 Å². The van der Waals surface area contributed by atoms with Gasteiger partial charge in [-0.05, 0) is 63.8 Å². The Bertz CT molecular complexity index is 561. The molecule has 0 radical (unpaired) electrons. The molecule has 23 heavy (non-hydrogen) atoms. The minimum absolute atomic E-state index is 0.0550. The molecule has 0 aromatic heterocycles. The smallest absolute Gasteiger partial charge is 0.335 e. The second-order valence-corrected chi connectivity index (χ2v) is 7.30. The highest BCUT2D eigenvalue weighted by atomic mass is 16.4. The molecule has 5 heteroatoms. The zero-order valence-corrected chi connectivity index (χ0v) is 14.1. The third-order valence-electron chi connectivity index (χ3n) is 4.02. The van der Waals surface area contributed by atoms with Crippen molar-refractivity contribution >= 4 is 11.9 Å². The number of likely N-dealkylation sites (tertiary alicyclic amines) is 1. The number of carbonyl (C=O) groups excluding carboxylic acids is 1. The normalized spacial score (nSPS) is 19.3. The number of nitrogens with zero attached hydrogens (tertiary/aromatic N) is 1. The summed E-state index contributed by atoms with van der Waals surface area (Å²) >= 11 is 0. The van der Waals surface area contributed by atoms with Gasteiger partial charge in [0.05, 0.1) is 12.1 Å². The van der Waals surface area contributed by atoms with Crippen LogP contribution in [0.1, 0.15) is 55.5 Å². The van der Waals surface area contributed by atoms with E-state index >= 15 is 0 Å². The Morgan fingerprint density at radius 1 is 1.26 bits per heavy atom. The summed E-state index contributed by atoms with van der Waals surface area (Å²) in [6.45, 7) is 8.13. The van der Waals surface area contributed by atoms with Gasteiger partial charge in [0.25, 0.3) is 0 Å². The summed E-state index contributed by atoms with van der Waals surface area (Å²) in [6, 6.07) is 7.10. The molecule has 1 fully saturated rings. The van der Waals surface area contributed by atoms with E-state index < -0.39 is 5.97 Å². The maximum atomic E-state index is 12.1. The van der Waals surface area contributed by atoms with Crippen LogP contribution in [0.25, 0.3) is 0 Å². The molecular formula is C18H26N2O3. The number of aromatic carboxylic acids is 1. The second-order valence-electron chi connectivity index (χ2n) is 7.30. The van der Waals surface area contributed by atoms with E-state index in [2.05, 4.69) is 10.2 Å². The third-order valence-corrected chi connectivity index (χ3v) is 4.02. The van der Waals surface area contributed by atoms with E-state index in [-0.39, 0.29) is 11.4 Å². The van der Waals surface area contributed by atoms with Crippen LogP contribution in [0.5, 0.6) is 0 Å². The van der Waals surface area contributed by atoms with E-state index in [4.69, 9.17) is 5.11 Å². The quantitative estimate of drug-likeness (QED) is 0.895. The fourth-order valence-electron chi connectivity index (χ4n) is 3.03. The number of nitrogens with one attached hydrogen (secondary N) is 1. The number of carbonyl (C=O) groups is 2. The van der Waals surface area contributed by atoms with Crippen molar-refractivity contribution in [2.75, 3.05) is 19.6 Å². The molecular weight excluding hydrogens is 292 g/mol. The zero-order valence-electron chi connectivity index (χ0n) is 14.1. The highest BCUT2D eigenvalue weighted by Crippen LogP contribution is 2.27. The fourth-order valence-corrected chi connectivity index (χ4v) is 3.03. The summed E-state index contributed by atoms with van der Waals surface area (Å²) in [4.78, 5) is 25.2. The molecule has 2 N–H and O–H groups in total. The molecule has 1 aliphatic heterocycles. The van der Waals surface area contributed by atoms with Gasteiger partial charge in [0, 0.05) is 12.1 Å². The largest absolute Gasteiger partial charge is 0.478 e. The molecule has 126 valence electrons. The lowest BCUT2D eigenvalue weighted by Crippen LogP contribution is -2.47. The maximum absolute atomic E-state index is 12.1. The number of amides is 1. The molecule has 1 aromatic carbocycles. The lowest BCUT2D eigenvalue weighted by atomic mass is 9.90. The highest BCUT2D eigenvalue weighted by molar-refractivity contribution is 5.87. The first-order valence-electron chi connectivity index (χ1n) is 8.11. The summed E-state index contributed by atoms with van der Waals surface area (Å²) in [7, 11) is 0. The lowest BCUT2D eigenvalue weighted by Gasteiger charge is -2.33. The molecule has 5 nitrogen and oxygen atoms in total. The molecule has 0 bridgehead atoms. The first kappa shape index (κ1) is 17.5. The van der Waals surface area contributed by atoms with Gasteiger partial charge < -0.3 is 10.4 Å². The van der Waals surface area contributed by atoms with E-state index in [1.807, 2.05) is 32.9 Å². The van der Waals surface area contributed by atoms with Crippen LogP contribution in [-0.2, 0) is 4.79 Å². The van der Waals surface area contributed by atoms with Crippen LogP contribution in [0.3, 0.4) is 0 Å². The van der Waals surface area contributed by atoms with E-state index in [1.165, 1.54) is 0 Å². The van der Waals surface area contributed by atoms with Gasteiger partial charge in [0.1, 0.15) is 0 Å². The van der Waals surface area contributed by atoms with E-state index in [1.54, 1.807) is 12.1 Å². The average Bonchev–Trinajstić information content (AvgIpc) is 2.45. The Morgan fingerprint density at radius 3 is 2.48 bits per heavy atom. The van der Waals surface area contributed by atoms with Gasteiger partial charge in [-0.2, -0.15) is 0 Å². The van der Waals surface area contributed by atoms with Gasteiger partial charge in [-0.15, -0.1) is 0 Å². The van der Waals surface area contributed by atoms with Crippen LogP contribution in [0.15, 0.2) is 24.3 Å². The Morgan fingerprint density at radius 2 is 1.91 bits per heavy atom. The van der Waals surface area contributed by atoms with Gasteiger partial charge in [-0.1, -0.05) is 12.1 Å². The average molecular weight is 318 g/mol. The minimum Gasteiger partial charge on any atom is -0.478 e. The number of piperidine rings is 1. The van der Waals surface area contributed by atoms with Crippen LogP contribution >= 0.6 is 0 Å². The summed E-state index contributed by atoms with van der Waals surface area (Å²) in [5, 5.41) is 12.0. The van der Waals surface area contributed by atoms with Gasteiger partial charge in [0.15, 0.2) is 0 Å². The van der Waals surface area contributed by atoms with E-state index in [0.29, 0.717) is 18.0 Å². The van der Waals surface area contributed by atoms with Crippen LogP contribution in [0.4, 0.5) is 0 Å². The minimum atomic E-state index is -0.902. The monoisotopic (exact) mass is 318 g/mol. The lowest BCUT2D eigenvalue weighted by molar-refractivity contribution is -0.123. The second kappa shape index (κ2) is 7.13. The fraction of sp³-hybridized carbons (Fsp3) is 0.556. The molecule has 1 aliphatic rings. The first-order chi connectivity index (χ1) is 10.7. The van der Waals surface area contributed by atoms with E-state index in [0.717, 1.165) is 31.5 Å². The molecule has 1 amide bonds. The molecule has 1 aromatic rings. The number of carboxylic acid groups (broad SMARTS) is 1. The summed E-state index contributed by atoms with van der Waals surface area (Å²) in [5.41, 5.74) is 1.25. The summed E-state index contributed by atoms with van der Waals surface area (Å²) < 4.78 is 0. The third kappa shape index (κ3) is 5.36. The Hall–Kier alpha value is -1.88. The van der Waals surface area contributed by atoms with Gasteiger partial charge in [-0.3, -0.25) is 9.69 Å². The summed E-state index contributed by atoms with van der Waals surface area (Å²) in [6.07, 6.45) is 2.12. The molecule has 1 atom stereocenters. The van der Waals surface area contributed by atoms with Crippen molar-refractivity contribution in [1.82, 2.24) is 10.2 Å². The van der Waals surface area contributed by atoms with Crippen LogP contribution in [-0.4, -0.2) is 47.1 Å². The highest BCUT2D eigenvalue weighted by Gasteiger charge is 2.24. The maximum Gasteiger partial charge on any atom is 0.335 e. The Labute approximate surface area is 137 Å². The topological polar surface area (TPSA) is 69.6 Å². The van der Waals surface area contributed by atoms with Gasteiger partial charge >= 0.3 is 5.97 Å². The van der Waals surface area contributed by atoms with Crippen molar-refractivity contribution in [2.45, 2.75) is 45.1 Å². The van der Waals surface area contributed by atoms with Gasteiger partial charge in [-0.25, -0.2) is 4.79 Å². The zero-order chi connectivity index (χ0) is 17.0. The number of benzene rings is 1. The number of hydrogen-bond donors (Lipinski definition) is 2. The van der Waals surface area contributed by atoms with Crippen molar-refractivity contribution in [1.29, 1.82) is 0 Å². The Kier molecular flexibility index (Phi) is 5.42. The first-order valence-corrected chi connectivity index (χ1v) is 8.11. The van der Waals surface area contributed by atoms with Crippen molar-refractivity contribution in [2.24, 2.45) is 0 Å². The van der Waals surface area contributed by atoms with Crippen molar-refractivity contribution in [3.8, 4) is 0 Å². The predicted molar refractivity (Wildman–Crippen MR) is 89.7 cm³/mol. The number of carboxylic acids is 1. The van der Waals surface area contributed by atoms with Gasteiger partial charge in [0.2, 0.25) is 5.91 Å². The molecule has 2 rings (SSSR count). The number of hydrogen-bond acceptors (Lipinski definition) is 3. The molecule has 0 spiro atoms. The molecule has 0 saturated carbocycles. The van der Waals surface area contributed by atoms with Crippen molar-refractivity contribution in [3.63, 3.8) is 0 Å². The SMILES string of the molecule is CC(C)(C)NC(=O)CN1CCC[C@H](c2ccc(C(=O)O)cc2)C1. The van der Waals surface area contributed by atoms with E-state index in [9.17, 15) is 9.59 Å². The molecule has 0 aliphatic carbocycles. The predicted octanol–water partition coefficient (Wildman–Crippen LogP) is 2.48. The van der Waals surface area contributed by atoms with Crippen LogP contribution in [0, 0.1) is 0 Å². The van der Waals surface area contributed by atoms with Crippen molar-refractivity contribution < 1.29 is 14.7 Å². The Balaban J connectivity index is 1.95.